The van der Waals surface area contributed by atoms with Gasteiger partial charge in [-0.25, -0.2) is 0 Å². The third-order valence-corrected chi connectivity index (χ3v) is 2.17. The van der Waals surface area contributed by atoms with Crippen LogP contribution in [0.15, 0.2) is 4.99 Å². The molecule has 0 aliphatic rings. The Labute approximate surface area is 133 Å². The van der Waals surface area contributed by atoms with Crippen molar-refractivity contribution in [3.63, 3.8) is 0 Å². The third kappa shape index (κ3) is 11.0. The molecule has 1 atom stereocenters. The molecule has 6 nitrogen and oxygen atoms in total. The van der Waals surface area contributed by atoms with E-state index in [2.05, 4.69) is 15.6 Å². The number of halogens is 1. The fourth-order valence-electron chi connectivity index (χ4n) is 1.20. The van der Waals surface area contributed by atoms with E-state index >= 15 is 0 Å². The van der Waals surface area contributed by atoms with E-state index in [1.807, 2.05) is 27.7 Å². The monoisotopic (exact) mass is 386 g/mol. The van der Waals surface area contributed by atoms with Gasteiger partial charge in [0.2, 0.25) is 5.91 Å². The number of amides is 1. The van der Waals surface area contributed by atoms with E-state index in [9.17, 15) is 4.79 Å². The van der Waals surface area contributed by atoms with Gasteiger partial charge in [0.1, 0.15) is 0 Å². The molecule has 0 bridgehead atoms. The van der Waals surface area contributed by atoms with Crippen LogP contribution in [0.2, 0.25) is 0 Å². The Hall–Kier alpha value is -0.570. The van der Waals surface area contributed by atoms with Crippen molar-refractivity contribution in [2.24, 2.45) is 16.1 Å². The van der Waals surface area contributed by atoms with E-state index in [0.717, 1.165) is 0 Å². The van der Waals surface area contributed by atoms with E-state index in [0.29, 0.717) is 25.7 Å². The number of carbonyl (C=O) groups is 1. The molecule has 0 fully saturated rings. The first-order valence-corrected chi connectivity index (χ1v) is 6.11. The summed E-state index contributed by atoms with van der Waals surface area (Å²) in [6, 6.07) is 0.114. The molecule has 19 heavy (non-hydrogen) atoms. The Balaban J connectivity index is 0. The van der Waals surface area contributed by atoms with Gasteiger partial charge < -0.3 is 21.1 Å². The number of hydrogen-bond acceptors (Lipinski definition) is 3. The van der Waals surface area contributed by atoms with Gasteiger partial charge in [0.05, 0.1) is 13.2 Å². The lowest BCUT2D eigenvalue weighted by Gasteiger charge is -2.17. The Morgan fingerprint density at radius 2 is 2.00 bits per heavy atom. The minimum atomic E-state index is -0.375. The second kappa shape index (κ2) is 10.2. The van der Waals surface area contributed by atoms with E-state index in [4.69, 9.17) is 10.5 Å². The molecule has 0 aliphatic heterocycles. The summed E-state index contributed by atoms with van der Waals surface area (Å²) in [7, 11) is 1.63. The van der Waals surface area contributed by atoms with Crippen molar-refractivity contribution in [1.29, 1.82) is 0 Å². The number of nitrogens with two attached hydrogens (primary N) is 1. The van der Waals surface area contributed by atoms with Crippen molar-refractivity contribution in [3.05, 3.63) is 0 Å². The van der Waals surface area contributed by atoms with Crippen LogP contribution in [0.25, 0.3) is 0 Å². The van der Waals surface area contributed by atoms with E-state index in [1.165, 1.54) is 0 Å². The summed E-state index contributed by atoms with van der Waals surface area (Å²) >= 11 is 0. The molecule has 0 radical (unpaired) electrons. The lowest BCUT2D eigenvalue weighted by molar-refractivity contribution is -0.128. The average Bonchev–Trinajstić information content (AvgIpc) is 2.22. The van der Waals surface area contributed by atoms with Crippen LogP contribution < -0.4 is 16.4 Å². The molecule has 7 heteroatoms. The first kappa shape index (κ1) is 20.7. The highest BCUT2D eigenvalue weighted by molar-refractivity contribution is 14.0. The van der Waals surface area contributed by atoms with Gasteiger partial charge in [-0.15, -0.1) is 24.0 Å². The van der Waals surface area contributed by atoms with Gasteiger partial charge in [-0.1, -0.05) is 20.8 Å². The summed E-state index contributed by atoms with van der Waals surface area (Å²) in [5, 5.41) is 5.79. The summed E-state index contributed by atoms with van der Waals surface area (Å²) < 4.78 is 4.97. The van der Waals surface area contributed by atoms with E-state index < -0.39 is 0 Å². The zero-order chi connectivity index (χ0) is 14.2. The van der Waals surface area contributed by atoms with E-state index in [-0.39, 0.29) is 41.3 Å². The summed E-state index contributed by atoms with van der Waals surface area (Å²) in [5.74, 6) is 0.376. The summed E-state index contributed by atoms with van der Waals surface area (Å²) in [6.45, 7) is 9.07. The predicted octanol–water partition coefficient (Wildman–Crippen LogP) is 0.706. The van der Waals surface area contributed by atoms with Gasteiger partial charge in [0, 0.05) is 25.1 Å². The number of aliphatic imine (C=N–C) groups is 1. The maximum atomic E-state index is 11.5. The van der Waals surface area contributed by atoms with Crippen molar-refractivity contribution < 1.29 is 9.53 Å². The van der Waals surface area contributed by atoms with Gasteiger partial charge in [0.15, 0.2) is 5.96 Å². The Bertz CT molecular complexity index is 290. The largest absolute Gasteiger partial charge is 0.383 e. The summed E-state index contributed by atoms with van der Waals surface area (Å²) in [4.78, 5) is 15.7. The van der Waals surface area contributed by atoms with Gasteiger partial charge in [0.25, 0.3) is 0 Å². The van der Waals surface area contributed by atoms with Crippen LogP contribution in [0.1, 0.15) is 27.7 Å². The molecule has 0 spiro atoms. The van der Waals surface area contributed by atoms with Crippen molar-refractivity contribution in [2.75, 3.05) is 26.8 Å². The second-order valence-corrected chi connectivity index (χ2v) is 5.27. The fraction of sp³-hybridized carbons (Fsp3) is 0.833. The van der Waals surface area contributed by atoms with Gasteiger partial charge in [-0.3, -0.25) is 9.79 Å². The highest BCUT2D eigenvalue weighted by Gasteiger charge is 2.20. The maximum absolute atomic E-state index is 11.5. The summed E-state index contributed by atoms with van der Waals surface area (Å²) in [5.41, 5.74) is 5.30. The molecule has 0 aromatic carbocycles. The van der Waals surface area contributed by atoms with Crippen LogP contribution in [0.4, 0.5) is 0 Å². The number of guanidine groups is 1. The van der Waals surface area contributed by atoms with Gasteiger partial charge in [-0.2, -0.15) is 0 Å². The standard InChI is InChI=1S/C12H26N4O2.HI/c1-9(8-18-5)16-11(13)15-7-6-14-10(17)12(2,3)4;/h9H,6-8H2,1-5H3,(H,14,17)(H3,13,15,16);1H. The van der Waals surface area contributed by atoms with Crippen LogP contribution in [0, 0.1) is 5.41 Å². The topological polar surface area (TPSA) is 88.7 Å². The molecular formula is C12H27IN4O2. The molecular weight excluding hydrogens is 359 g/mol. The lowest BCUT2D eigenvalue weighted by Crippen LogP contribution is -2.41. The number of hydrogen-bond donors (Lipinski definition) is 3. The number of ether oxygens (including phenoxy) is 1. The van der Waals surface area contributed by atoms with Crippen LogP contribution in [-0.2, 0) is 9.53 Å². The van der Waals surface area contributed by atoms with Gasteiger partial charge in [-0.05, 0) is 6.92 Å². The molecule has 0 aromatic heterocycles. The normalized spacial score (nSPS) is 13.4. The molecule has 0 saturated carbocycles. The van der Waals surface area contributed by atoms with Crippen molar-refractivity contribution in [1.82, 2.24) is 10.6 Å². The lowest BCUT2D eigenvalue weighted by atomic mass is 9.96. The molecule has 114 valence electrons. The molecule has 0 heterocycles. The minimum absolute atomic E-state index is 0. The smallest absolute Gasteiger partial charge is 0.225 e. The molecule has 4 N–H and O–H groups in total. The number of carbonyl (C=O) groups excluding carboxylic acids is 1. The van der Waals surface area contributed by atoms with Gasteiger partial charge >= 0.3 is 0 Å². The third-order valence-electron chi connectivity index (χ3n) is 2.17. The highest BCUT2D eigenvalue weighted by Crippen LogP contribution is 2.11. The first-order valence-electron chi connectivity index (χ1n) is 6.11. The zero-order valence-corrected chi connectivity index (χ0v) is 14.8. The minimum Gasteiger partial charge on any atom is -0.383 e. The van der Waals surface area contributed by atoms with Crippen LogP contribution in [0.3, 0.4) is 0 Å². The zero-order valence-electron chi connectivity index (χ0n) is 12.4. The van der Waals surface area contributed by atoms with Crippen LogP contribution in [0.5, 0.6) is 0 Å². The maximum Gasteiger partial charge on any atom is 0.225 e. The Morgan fingerprint density at radius 3 is 2.47 bits per heavy atom. The van der Waals surface area contributed by atoms with Crippen LogP contribution >= 0.6 is 24.0 Å². The van der Waals surface area contributed by atoms with Crippen molar-refractivity contribution >= 4 is 35.8 Å². The SMILES string of the molecule is COCC(C)NC(N)=NCCNC(=O)C(C)(C)C.I. The van der Waals surface area contributed by atoms with Crippen molar-refractivity contribution in [3.8, 4) is 0 Å². The molecule has 0 aromatic rings. The Morgan fingerprint density at radius 1 is 1.42 bits per heavy atom. The number of nitrogens with one attached hydrogen (secondary N) is 2. The van der Waals surface area contributed by atoms with Crippen LogP contribution in [-0.4, -0.2) is 44.7 Å². The van der Waals surface area contributed by atoms with Crippen molar-refractivity contribution in [2.45, 2.75) is 33.7 Å². The quantitative estimate of drug-likeness (QED) is 0.272. The number of methoxy groups -OCH3 is 1. The predicted molar refractivity (Wildman–Crippen MR) is 88.8 cm³/mol. The number of nitrogens with zero attached hydrogens (tertiary/aromatic N) is 1. The number of rotatable bonds is 6. The fourth-order valence-corrected chi connectivity index (χ4v) is 1.20. The average molecular weight is 386 g/mol. The Kier molecular flexibility index (Phi) is 11.2. The first-order chi connectivity index (χ1) is 8.27. The molecule has 0 saturated heterocycles. The molecule has 0 aliphatic carbocycles. The second-order valence-electron chi connectivity index (χ2n) is 5.27. The molecule has 1 amide bonds. The molecule has 0 rings (SSSR count). The molecule has 1 unspecified atom stereocenters. The summed E-state index contributed by atoms with van der Waals surface area (Å²) in [6.07, 6.45) is 0. The van der Waals surface area contributed by atoms with E-state index in [1.54, 1.807) is 7.11 Å². The highest BCUT2D eigenvalue weighted by atomic mass is 127.